The summed E-state index contributed by atoms with van der Waals surface area (Å²) in [6.07, 6.45) is -5.26. The molecular weight excluding hydrogens is 564 g/mol. The van der Waals surface area contributed by atoms with Gasteiger partial charge < -0.3 is 19.5 Å². The van der Waals surface area contributed by atoms with Crippen LogP contribution in [0.15, 0.2) is 48.5 Å². The second-order valence-electron chi connectivity index (χ2n) is 11.9. The molecular formula is C33H38F4N2O4. The number of carboxylic acids is 1. The second kappa shape index (κ2) is 12.9. The predicted octanol–water partition coefficient (Wildman–Crippen LogP) is 7.85. The molecule has 1 aliphatic rings. The van der Waals surface area contributed by atoms with Gasteiger partial charge in [-0.15, -0.1) is 0 Å². The van der Waals surface area contributed by atoms with Crippen LogP contribution in [0.4, 0.5) is 23.2 Å². The summed E-state index contributed by atoms with van der Waals surface area (Å²) in [5, 5.41) is 10.3. The number of alkyl halides is 3. The first-order valence-electron chi connectivity index (χ1n) is 14.3. The van der Waals surface area contributed by atoms with Crippen molar-refractivity contribution in [2.45, 2.75) is 71.8 Å². The van der Waals surface area contributed by atoms with Gasteiger partial charge in [0.05, 0.1) is 23.8 Å². The van der Waals surface area contributed by atoms with Crippen LogP contribution in [-0.2, 0) is 16.0 Å². The van der Waals surface area contributed by atoms with E-state index in [4.69, 9.17) is 14.5 Å². The fourth-order valence-electron chi connectivity index (χ4n) is 5.51. The molecule has 0 unspecified atom stereocenters. The standard InChI is InChI=1S/C33H38F4N2O4/c1-20-27(23-8-12-26(13-9-23)42-19-16-22-6-10-25(34)11-7-22)29(39-17-14-24(15-18-39)33(35,36)37)28(21(2)38-20)30(31(40)41)43-32(3,4)5/h6-13,24,30H,14-19H2,1-5H3,(H,40,41)/t30-/m0/s1. The number of aliphatic carboxylic acids is 1. The number of hydrogen-bond donors (Lipinski definition) is 1. The number of carboxylic acid groups (broad SMARTS) is 1. The smallest absolute Gasteiger partial charge is 0.391 e. The summed E-state index contributed by atoms with van der Waals surface area (Å²) in [7, 11) is 0. The van der Waals surface area contributed by atoms with Gasteiger partial charge in [-0.25, -0.2) is 9.18 Å². The van der Waals surface area contributed by atoms with Gasteiger partial charge in [-0.2, -0.15) is 13.2 Å². The maximum atomic E-state index is 13.5. The molecule has 0 amide bonds. The fourth-order valence-corrected chi connectivity index (χ4v) is 5.51. The Hall–Kier alpha value is -3.66. The van der Waals surface area contributed by atoms with Crippen molar-refractivity contribution in [2.75, 3.05) is 24.6 Å². The summed E-state index contributed by atoms with van der Waals surface area (Å²) in [5.41, 5.74) is 3.45. The van der Waals surface area contributed by atoms with Crippen LogP contribution in [0.25, 0.3) is 11.1 Å². The van der Waals surface area contributed by atoms with Crippen LogP contribution < -0.4 is 9.64 Å². The lowest BCUT2D eigenvalue weighted by molar-refractivity contribution is -0.179. The number of pyridine rings is 1. The second-order valence-corrected chi connectivity index (χ2v) is 11.9. The van der Waals surface area contributed by atoms with Gasteiger partial charge in [-0.3, -0.25) is 4.98 Å². The van der Waals surface area contributed by atoms with E-state index in [-0.39, 0.29) is 31.7 Å². The van der Waals surface area contributed by atoms with Gasteiger partial charge >= 0.3 is 12.1 Å². The number of aryl methyl sites for hydroxylation is 2. The number of aromatic nitrogens is 1. The van der Waals surface area contributed by atoms with Crippen LogP contribution in [0.5, 0.6) is 5.75 Å². The van der Waals surface area contributed by atoms with Gasteiger partial charge in [0.2, 0.25) is 0 Å². The van der Waals surface area contributed by atoms with Crippen molar-refractivity contribution in [2.24, 2.45) is 5.92 Å². The van der Waals surface area contributed by atoms with Gasteiger partial charge in [-0.05, 0) is 82.9 Å². The summed E-state index contributed by atoms with van der Waals surface area (Å²) in [6.45, 7) is 9.38. The van der Waals surface area contributed by atoms with Crippen molar-refractivity contribution in [1.29, 1.82) is 0 Å². The average molecular weight is 603 g/mol. The number of rotatable bonds is 9. The Morgan fingerprint density at radius 3 is 2.14 bits per heavy atom. The molecule has 6 nitrogen and oxygen atoms in total. The van der Waals surface area contributed by atoms with E-state index in [2.05, 4.69) is 0 Å². The quantitative estimate of drug-likeness (QED) is 0.252. The van der Waals surface area contributed by atoms with Crippen LogP contribution in [0.2, 0.25) is 0 Å². The molecule has 2 aromatic carbocycles. The zero-order chi connectivity index (χ0) is 31.5. The number of benzene rings is 2. The third-order valence-corrected chi connectivity index (χ3v) is 7.53. The molecule has 43 heavy (non-hydrogen) atoms. The van der Waals surface area contributed by atoms with Crippen LogP contribution in [-0.4, -0.2) is 47.5 Å². The molecule has 0 bridgehead atoms. The van der Waals surface area contributed by atoms with Crippen molar-refractivity contribution in [3.05, 3.63) is 76.9 Å². The topological polar surface area (TPSA) is 71.9 Å². The normalized spacial score (nSPS) is 15.4. The van der Waals surface area contributed by atoms with Crippen molar-refractivity contribution in [1.82, 2.24) is 4.98 Å². The highest BCUT2D eigenvalue weighted by atomic mass is 19.4. The predicted molar refractivity (Wildman–Crippen MR) is 157 cm³/mol. The molecule has 3 aromatic rings. The van der Waals surface area contributed by atoms with Crippen molar-refractivity contribution in [3.63, 3.8) is 0 Å². The fraction of sp³-hybridized carbons (Fsp3) is 0.455. The summed E-state index contributed by atoms with van der Waals surface area (Å²) in [6, 6.07) is 13.5. The molecule has 1 N–H and O–H groups in total. The highest BCUT2D eigenvalue weighted by molar-refractivity contribution is 5.88. The third kappa shape index (κ3) is 8.04. The maximum absolute atomic E-state index is 13.5. The molecule has 10 heteroatoms. The molecule has 1 aliphatic heterocycles. The molecule has 4 rings (SSSR count). The van der Waals surface area contributed by atoms with E-state index >= 15 is 0 Å². The minimum Gasteiger partial charge on any atom is -0.493 e. The summed E-state index contributed by atoms with van der Waals surface area (Å²) in [5.74, 6) is -2.30. The van der Waals surface area contributed by atoms with Gasteiger partial charge in [0.1, 0.15) is 11.6 Å². The Kier molecular flexibility index (Phi) is 9.69. The van der Waals surface area contributed by atoms with Gasteiger partial charge in [0.15, 0.2) is 6.10 Å². The number of halogens is 4. The Bertz CT molecular complexity index is 1410. The highest BCUT2D eigenvalue weighted by Gasteiger charge is 2.42. The van der Waals surface area contributed by atoms with Gasteiger partial charge in [0, 0.05) is 42.0 Å². The Morgan fingerprint density at radius 2 is 1.60 bits per heavy atom. The van der Waals surface area contributed by atoms with Gasteiger partial charge in [0.25, 0.3) is 0 Å². The summed E-state index contributed by atoms with van der Waals surface area (Å²) < 4.78 is 65.7. The Labute approximate surface area is 249 Å². The van der Waals surface area contributed by atoms with E-state index in [1.165, 1.54) is 12.1 Å². The molecule has 0 saturated carbocycles. The van der Waals surface area contributed by atoms with Crippen LogP contribution in [0.1, 0.15) is 62.2 Å². The van der Waals surface area contributed by atoms with Crippen LogP contribution >= 0.6 is 0 Å². The monoisotopic (exact) mass is 602 g/mol. The van der Waals surface area contributed by atoms with Crippen molar-refractivity contribution >= 4 is 11.7 Å². The summed E-state index contributed by atoms with van der Waals surface area (Å²) >= 11 is 0. The van der Waals surface area contributed by atoms with Crippen molar-refractivity contribution in [3.8, 4) is 16.9 Å². The molecule has 1 atom stereocenters. The lowest BCUT2D eigenvalue weighted by Crippen LogP contribution is -2.40. The summed E-state index contributed by atoms with van der Waals surface area (Å²) in [4.78, 5) is 19.1. The van der Waals surface area contributed by atoms with E-state index in [9.17, 15) is 27.5 Å². The third-order valence-electron chi connectivity index (χ3n) is 7.53. The van der Waals surface area contributed by atoms with E-state index in [1.54, 1.807) is 52.0 Å². The Balaban J connectivity index is 1.71. The van der Waals surface area contributed by atoms with E-state index < -0.39 is 29.8 Å². The van der Waals surface area contributed by atoms with E-state index in [0.29, 0.717) is 47.0 Å². The molecule has 2 heterocycles. The first-order valence-corrected chi connectivity index (χ1v) is 14.3. The first kappa shape index (κ1) is 32.3. The average Bonchev–Trinajstić information content (AvgIpc) is 2.92. The number of anilines is 1. The number of hydrogen-bond acceptors (Lipinski definition) is 5. The number of carbonyl (C=O) groups is 1. The zero-order valence-corrected chi connectivity index (χ0v) is 25.1. The first-order chi connectivity index (χ1) is 20.1. The van der Waals surface area contributed by atoms with Gasteiger partial charge in [-0.1, -0.05) is 24.3 Å². The van der Waals surface area contributed by atoms with E-state index in [1.807, 2.05) is 24.0 Å². The molecule has 0 aliphatic carbocycles. The molecule has 1 aromatic heterocycles. The highest BCUT2D eigenvalue weighted by Crippen LogP contribution is 2.45. The minimum absolute atomic E-state index is 0.0957. The maximum Gasteiger partial charge on any atom is 0.391 e. The lowest BCUT2D eigenvalue weighted by atomic mass is 9.90. The molecule has 0 radical (unpaired) electrons. The lowest BCUT2D eigenvalue weighted by Gasteiger charge is -2.38. The van der Waals surface area contributed by atoms with Crippen LogP contribution in [0, 0.1) is 25.6 Å². The zero-order valence-electron chi connectivity index (χ0n) is 25.1. The molecule has 1 fully saturated rings. The molecule has 232 valence electrons. The number of ether oxygens (including phenoxy) is 2. The molecule has 0 spiro atoms. The van der Waals surface area contributed by atoms with Crippen LogP contribution in [0.3, 0.4) is 0 Å². The minimum atomic E-state index is -4.28. The van der Waals surface area contributed by atoms with E-state index in [0.717, 1.165) is 11.1 Å². The SMILES string of the molecule is Cc1nc(C)c([C@H](OC(C)(C)C)C(=O)O)c(N2CCC(C(F)(F)F)CC2)c1-c1ccc(OCCc2ccc(F)cc2)cc1. The largest absolute Gasteiger partial charge is 0.493 e. The number of nitrogens with zero attached hydrogens (tertiary/aromatic N) is 2. The Morgan fingerprint density at radius 1 is 1.00 bits per heavy atom. The van der Waals surface area contributed by atoms with Crippen molar-refractivity contribution < 1.29 is 36.9 Å². The number of piperidine rings is 1. The molecule has 1 saturated heterocycles.